The lowest BCUT2D eigenvalue weighted by atomic mass is 10.2. The quantitative estimate of drug-likeness (QED) is 0.772. The summed E-state index contributed by atoms with van der Waals surface area (Å²) in [7, 11) is -0.594. The fraction of sp³-hybridized carbons (Fsp3) is 0.455. The SMILES string of the molecule is COCCNS(=O)(=O)c1cc(C)ccc1OC. The van der Waals surface area contributed by atoms with Gasteiger partial charge in [0.2, 0.25) is 10.0 Å². The molecule has 1 N–H and O–H groups in total. The van der Waals surface area contributed by atoms with Crippen LogP contribution in [0.25, 0.3) is 0 Å². The van der Waals surface area contributed by atoms with Crippen molar-refractivity contribution in [1.29, 1.82) is 0 Å². The lowest BCUT2D eigenvalue weighted by molar-refractivity contribution is 0.204. The van der Waals surface area contributed by atoms with E-state index in [1.54, 1.807) is 18.2 Å². The van der Waals surface area contributed by atoms with Crippen LogP contribution in [-0.4, -0.2) is 35.8 Å². The monoisotopic (exact) mass is 259 g/mol. The Labute approximate surface area is 102 Å². The molecule has 0 atom stereocenters. The van der Waals surface area contributed by atoms with E-state index in [4.69, 9.17) is 9.47 Å². The van der Waals surface area contributed by atoms with Crippen molar-refractivity contribution in [3.05, 3.63) is 23.8 Å². The summed E-state index contributed by atoms with van der Waals surface area (Å²) in [4.78, 5) is 0.149. The van der Waals surface area contributed by atoms with E-state index in [-0.39, 0.29) is 11.4 Å². The number of hydrogen-bond acceptors (Lipinski definition) is 4. The van der Waals surface area contributed by atoms with E-state index in [0.717, 1.165) is 5.56 Å². The fourth-order valence-electron chi connectivity index (χ4n) is 1.35. The second-order valence-electron chi connectivity index (χ2n) is 3.54. The van der Waals surface area contributed by atoms with Gasteiger partial charge in [-0.25, -0.2) is 13.1 Å². The Morgan fingerprint density at radius 3 is 2.59 bits per heavy atom. The molecule has 0 radical (unpaired) electrons. The van der Waals surface area contributed by atoms with Gasteiger partial charge >= 0.3 is 0 Å². The van der Waals surface area contributed by atoms with Crippen LogP contribution >= 0.6 is 0 Å². The zero-order chi connectivity index (χ0) is 12.9. The molecule has 0 aromatic heterocycles. The summed E-state index contributed by atoms with van der Waals surface area (Å²) in [5.41, 5.74) is 0.859. The smallest absolute Gasteiger partial charge is 0.244 e. The molecular weight excluding hydrogens is 242 g/mol. The van der Waals surface area contributed by atoms with Crippen molar-refractivity contribution in [2.45, 2.75) is 11.8 Å². The lowest BCUT2D eigenvalue weighted by Crippen LogP contribution is -2.27. The third-order valence-corrected chi connectivity index (χ3v) is 3.69. The highest BCUT2D eigenvalue weighted by Gasteiger charge is 2.18. The van der Waals surface area contributed by atoms with Crippen LogP contribution < -0.4 is 9.46 Å². The summed E-state index contributed by atoms with van der Waals surface area (Å²) >= 11 is 0. The standard InChI is InChI=1S/C11H17NO4S/c1-9-4-5-10(16-3)11(8-9)17(13,14)12-6-7-15-2/h4-5,8,12H,6-7H2,1-3H3. The van der Waals surface area contributed by atoms with Gasteiger partial charge in [-0.3, -0.25) is 0 Å². The number of methoxy groups -OCH3 is 2. The number of hydrogen-bond donors (Lipinski definition) is 1. The topological polar surface area (TPSA) is 64.6 Å². The molecule has 0 bridgehead atoms. The summed E-state index contributed by atoms with van der Waals surface area (Å²) in [5.74, 6) is 0.334. The molecule has 0 aliphatic heterocycles. The molecule has 0 fully saturated rings. The highest BCUT2D eigenvalue weighted by atomic mass is 32.2. The molecule has 0 unspecified atom stereocenters. The summed E-state index contributed by atoms with van der Waals surface area (Å²) in [6, 6.07) is 5.02. The van der Waals surface area contributed by atoms with Gasteiger partial charge in [-0.1, -0.05) is 6.07 Å². The zero-order valence-corrected chi connectivity index (χ0v) is 11.0. The van der Waals surface area contributed by atoms with Crippen molar-refractivity contribution < 1.29 is 17.9 Å². The van der Waals surface area contributed by atoms with Crippen molar-refractivity contribution in [2.24, 2.45) is 0 Å². The second-order valence-corrected chi connectivity index (χ2v) is 5.28. The maximum Gasteiger partial charge on any atom is 0.244 e. The van der Waals surface area contributed by atoms with Crippen LogP contribution in [0.4, 0.5) is 0 Å². The molecule has 0 saturated heterocycles. The third-order valence-electron chi connectivity index (χ3n) is 2.21. The summed E-state index contributed by atoms with van der Waals surface area (Å²) in [5, 5.41) is 0. The number of ether oxygens (including phenoxy) is 2. The first-order valence-electron chi connectivity index (χ1n) is 5.14. The first-order valence-corrected chi connectivity index (χ1v) is 6.63. The van der Waals surface area contributed by atoms with Gasteiger partial charge in [-0.05, 0) is 24.6 Å². The van der Waals surface area contributed by atoms with Crippen LogP contribution in [0.5, 0.6) is 5.75 Å². The summed E-state index contributed by atoms with van der Waals surface area (Å²) in [6.07, 6.45) is 0. The molecule has 0 spiro atoms. The van der Waals surface area contributed by atoms with Crippen molar-refractivity contribution in [1.82, 2.24) is 4.72 Å². The lowest BCUT2D eigenvalue weighted by Gasteiger charge is -2.11. The van der Waals surface area contributed by atoms with Crippen LogP contribution in [0.15, 0.2) is 23.1 Å². The predicted octanol–water partition coefficient (Wildman–Crippen LogP) is 0.928. The number of sulfonamides is 1. The molecule has 17 heavy (non-hydrogen) atoms. The molecule has 96 valence electrons. The minimum atomic E-state index is -3.55. The molecule has 0 amide bonds. The van der Waals surface area contributed by atoms with Gasteiger partial charge < -0.3 is 9.47 Å². The average Bonchev–Trinajstić information content (AvgIpc) is 2.29. The third kappa shape index (κ3) is 3.69. The highest BCUT2D eigenvalue weighted by molar-refractivity contribution is 7.89. The van der Waals surface area contributed by atoms with Gasteiger partial charge in [0.1, 0.15) is 10.6 Å². The molecule has 1 rings (SSSR count). The maximum absolute atomic E-state index is 12.0. The zero-order valence-electron chi connectivity index (χ0n) is 10.2. The van der Waals surface area contributed by atoms with E-state index in [1.807, 2.05) is 6.92 Å². The van der Waals surface area contributed by atoms with Gasteiger partial charge in [-0.15, -0.1) is 0 Å². The summed E-state index contributed by atoms with van der Waals surface area (Å²) in [6.45, 7) is 2.39. The first kappa shape index (κ1) is 14.0. The van der Waals surface area contributed by atoms with E-state index >= 15 is 0 Å². The number of benzene rings is 1. The average molecular weight is 259 g/mol. The molecular formula is C11H17NO4S. The van der Waals surface area contributed by atoms with E-state index in [9.17, 15) is 8.42 Å². The number of rotatable bonds is 6. The van der Waals surface area contributed by atoms with Crippen LogP contribution in [0.1, 0.15) is 5.56 Å². The molecule has 0 aliphatic carbocycles. The van der Waals surface area contributed by atoms with E-state index < -0.39 is 10.0 Å². The van der Waals surface area contributed by atoms with Crippen LogP contribution in [-0.2, 0) is 14.8 Å². The predicted molar refractivity (Wildman–Crippen MR) is 64.8 cm³/mol. The Balaban J connectivity index is 3.00. The van der Waals surface area contributed by atoms with Gasteiger partial charge in [0.05, 0.1) is 13.7 Å². The highest BCUT2D eigenvalue weighted by Crippen LogP contribution is 2.24. The molecule has 6 heteroatoms. The minimum Gasteiger partial charge on any atom is -0.495 e. The van der Waals surface area contributed by atoms with E-state index in [2.05, 4.69) is 4.72 Å². The normalized spacial score (nSPS) is 11.5. The van der Waals surface area contributed by atoms with Crippen molar-refractivity contribution in [3.63, 3.8) is 0 Å². The molecule has 0 saturated carbocycles. The molecule has 1 aromatic rings. The van der Waals surface area contributed by atoms with E-state index in [1.165, 1.54) is 14.2 Å². The maximum atomic E-state index is 12.0. The van der Waals surface area contributed by atoms with Gasteiger partial charge in [0, 0.05) is 13.7 Å². The Morgan fingerprint density at radius 1 is 1.29 bits per heavy atom. The van der Waals surface area contributed by atoms with Crippen molar-refractivity contribution in [2.75, 3.05) is 27.4 Å². The van der Waals surface area contributed by atoms with Crippen LogP contribution in [0.3, 0.4) is 0 Å². The van der Waals surface area contributed by atoms with Crippen LogP contribution in [0, 0.1) is 6.92 Å². The van der Waals surface area contributed by atoms with Gasteiger partial charge in [0.15, 0.2) is 0 Å². The number of nitrogens with one attached hydrogen (secondary N) is 1. The van der Waals surface area contributed by atoms with Crippen molar-refractivity contribution in [3.8, 4) is 5.75 Å². The largest absolute Gasteiger partial charge is 0.495 e. The molecule has 5 nitrogen and oxygen atoms in total. The minimum absolute atomic E-state index is 0.149. The van der Waals surface area contributed by atoms with Gasteiger partial charge in [-0.2, -0.15) is 0 Å². The number of aryl methyl sites for hydroxylation is 1. The summed E-state index contributed by atoms with van der Waals surface area (Å²) < 4.78 is 36.3. The second kappa shape index (κ2) is 6.00. The molecule has 1 aromatic carbocycles. The van der Waals surface area contributed by atoms with E-state index in [0.29, 0.717) is 12.4 Å². The van der Waals surface area contributed by atoms with Crippen LogP contribution in [0.2, 0.25) is 0 Å². The Bertz CT molecular complexity index is 470. The van der Waals surface area contributed by atoms with Crippen molar-refractivity contribution >= 4 is 10.0 Å². The molecule has 0 heterocycles. The van der Waals surface area contributed by atoms with Gasteiger partial charge in [0.25, 0.3) is 0 Å². The Morgan fingerprint density at radius 2 is 2.00 bits per heavy atom. The Kier molecular flexibility index (Phi) is 4.92. The Hall–Kier alpha value is -1.11. The molecule has 0 aliphatic rings. The fourth-order valence-corrected chi connectivity index (χ4v) is 2.61. The first-order chi connectivity index (χ1) is 8.01.